The van der Waals surface area contributed by atoms with Crippen molar-refractivity contribution >= 4 is 23.4 Å². The van der Waals surface area contributed by atoms with E-state index in [4.69, 9.17) is 11.6 Å². The molecular weight excluding hydrogens is 276 g/mol. The van der Waals surface area contributed by atoms with Crippen LogP contribution in [0.4, 0.5) is 0 Å². The van der Waals surface area contributed by atoms with E-state index in [0.717, 1.165) is 19.3 Å². The second-order valence-corrected chi connectivity index (χ2v) is 7.82. The Labute approximate surface area is 126 Å². The Kier molecular flexibility index (Phi) is 4.33. The number of hydrogen-bond donors (Lipinski definition) is 1. The molecule has 114 valence electrons. The first-order chi connectivity index (χ1) is 9.26. The maximum Gasteiger partial charge on any atom is 0.312 e. The van der Waals surface area contributed by atoms with Gasteiger partial charge in [0, 0.05) is 25.0 Å². The summed E-state index contributed by atoms with van der Waals surface area (Å²) in [5.41, 5.74) is 0.417. The van der Waals surface area contributed by atoms with Crippen molar-refractivity contribution in [1.82, 2.24) is 10.2 Å². The Bertz CT molecular complexity index is 411. The number of nitrogens with one attached hydrogen (secondary N) is 1. The highest BCUT2D eigenvalue weighted by molar-refractivity contribution is 6.35. The molecule has 1 saturated carbocycles. The summed E-state index contributed by atoms with van der Waals surface area (Å²) in [7, 11) is 0. The topological polar surface area (TPSA) is 49.4 Å². The number of nitrogens with zero attached hydrogens (tertiary/aromatic N) is 1. The lowest BCUT2D eigenvalue weighted by Gasteiger charge is -2.39. The monoisotopic (exact) mass is 300 g/mol. The van der Waals surface area contributed by atoms with E-state index in [0.29, 0.717) is 25.4 Å². The van der Waals surface area contributed by atoms with Crippen molar-refractivity contribution in [1.29, 1.82) is 0 Å². The number of carbonyl (C=O) groups is 2. The predicted octanol–water partition coefficient (Wildman–Crippen LogP) is 2.16. The van der Waals surface area contributed by atoms with E-state index in [-0.39, 0.29) is 22.8 Å². The van der Waals surface area contributed by atoms with Crippen LogP contribution in [0.15, 0.2) is 0 Å². The zero-order valence-corrected chi connectivity index (χ0v) is 13.4. The molecule has 1 aliphatic carbocycles. The molecule has 0 aromatic rings. The summed E-state index contributed by atoms with van der Waals surface area (Å²) in [5.74, 6) is -0.359. The fourth-order valence-electron chi connectivity index (χ4n) is 4.17. The van der Waals surface area contributed by atoms with Crippen LogP contribution in [0.1, 0.15) is 46.5 Å². The van der Waals surface area contributed by atoms with Gasteiger partial charge in [0.15, 0.2) is 0 Å². The van der Waals surface area contributed by atoms with Gasteiger partial charge in [-0.05, 0) is 36.5 Å². The number of amides is 2. The van der Waals surface area contributed by atoms with Gasteiger partial charge in [0.1, 0.15) is 0 Å². The van der Waals surface area contributed by atoms with Crippen LogP contribution < -0.4 is 5.32 Å². The Morgan fingerprint density at radius 3 is 2.65 bits per heavy atom. The van der Waals surface area contributed by atoms with Gasteiger partial charge in [-0.25, -0.2) is 0 Å². The summed E-state index contributed by atoms with van der Waals surface area (Å²) in [6.45, 7) is 7.93. The largest absolute Gasteiger partial charge is 0.348 e. The maximum absolute atomic E-state index is 12.3. The molecule has 2 rings (SSSR count). The van der Waals surface area contributed by atoms with Crippen LogP contribution in [0.2, 0.25) is 0 Å². The lowest BCUT2D eigenvalue weighted by Crippen LogP contribution is -2.46. The summed E-state index contributed by atoms with van der Waals surface area (Å²) in [4.78, 5) is 26.0. The van der Waals surface area contributed by atoms with Crippen LogP contribution in [0.25, 0.3) is 0 Å². The highest BCUT2D eigenvalue weighted by Gasteiger charge is 2.51. The lowest BCUT2D eigenvalue weighted by molar-refractivity contribution is -0.146. The van der Waals surface area contributed by atoms with Crippen molar-refractivity contribution in [2.45, 2.75) is 52.5 Å². The first kappa shape index (κ1) is 15.6. The van der Waals surface area contributed by atoms with Crippen molar-refractivity contribution in [2.24, 2.45) is 10.8 Å². The third-order valence-electron chi connectivity index (χ3n) is 4.47. The summed E-state index contributed by atoms with van der Waals surface area (Å²) >= 11 is 5.57. The van der Waals surface area contributed by atoms with Crippen molar-refractivity contribution in [3.63, 3.8) is 0 Å². The SMILES string of the molecule is CC1(C)CC2CC(C)(CN2C(=O)C(=O)NCCCCl)C1. The van der Waals surface area contributed by atoms with Gasteiger partial charge in [-0.2, -0.15) is 0 Å². The molecule has 2 unspecified atom stereocenters. The molecule has 0 aromatic heterocycles. The van der Waals surface area contributed by atoms with Crippen LogP contribution in [-0.2, 0) is 9.59 Å². The van der Waals surface area contributed by atoms with Gasteiger partial charge in [-0.15, -0.1) is 11.6 Å². The number of fused-ring (bicyclic) bond motifs is 2. The van der Waals surface area contributed by atoms with E-state index in [1.165, 1.54) is 0 Å². The molecule has 1 N–H and O–H groups in total. The van der Waals surface area contributed by atoms with Crippen molar-refractivity contribution in [3.05, 3.63) is 0 Å². The van der Waals surface area contributed by atoms with Gasteiger partial charge in [0.2, 0.25) is 0 Å². The van der Waals surface area contributed by atoms with Gasteiger partial charge < -0.3 is 10.2 Å². The van der Waals surface area contributed by atoms with Gasteiger partial charge in [-0.3, -0.25) is 9.59 Å². The molecule has 2 fully saturated rings. The van der Waals surface area contributed by atoms with Crippen molar-refractivity contribution < 1.29 is 9.59 Å². The highest BCUT2D eigenvalue weighted by atomic mass is 35.5. The predicted molar refractivity (Wildman–Crippen MR) is 79.6 cm³/mol. The third kappa shape index (κ3) is 3.27. The van der Waals surface area contributed by atoms with Crippen molar-refractivity contribution in [2.75, 3.05) is 19.0 Å². The number of likely N-dealkylation sites (tertiary alicyclic amines) is 1. The fourth-order valence-corrected chi connectivity index (χ4v) is 4.31. The lowest BCUT2D eigenvalue weighted by atomic mass is 9.65. The molecule has 1 aliphatic heterocycles. The van der Waals surface area contributed by atoms with E-state index in [9.17, 15) is 9.59 Å². The number of carbonyl (C=O) groups excluding carboxylic acids is 2. The second kappa shape index (κ2) is 5.55. The number of alkyl halides is 1. The molecule has 5 heteroatoms. The quantitative estimate of drug-likeness (QED) is 0.493. The smallest absolute Gasteiger partial charge is 0.312 e. The summed E-state index contributed by atoms with van der Waals surface area (Å²) in [6.07, 6.45) is 3.82. The van der Waals surface area contributed by atoms with Crippen molar-refractivity contribution in [3.8, 4) is 0 Å². The van der Waals surface area contributed by atoms with Gasteiger partial charge >= 0.3 is 11.8 Å². The van der Waals surface area contributed by atoms with Crippen LogP contribution in [0.5, 0.6) is 0 Å². The standard InChI is InChI=1S/C15H25ClN2O2/c1-14(2)7-11-8-15(3,9-14)10-18(11)13(20)12(19)17-6-4-5-16/h11H,4-10H2,1-3H3,(H,17,19). The zero-order chi connectivity index (χ0) is 15.0. The Balaban J connectivity index is 2.00. The van der Waals surface area contributed by atoms with E-state index in [2.05, 4.69) is 26.1 Å². The summed E-state index contributed by atoms with van der Waals surface area (Å²) < 4.78 is 0. The van der Waals surface area contributed by atoms with Gasteiger partial charge in [0.05, 0.1) is 0 Å². The Hall–Kier alpha value is -0.770. The van der Waals surface area contributed by atoms with Crippen LogP contribution >= 0.6 is 11.6 Å². The molecule has 2 bridgehead atoms. The molecule has 1 heterocycles. The molecule has 0 aromatic carbocycles. The normalized spacial score (nSPS) is 31.2. The second-order valence-electron chi connectivity index (χ2n) is 7.45. The molecule has 0 radical (unpaired) electrons. The zero-order valence-electron chi connectivity index (χ0n) is 12.7. The number of rotatable bonds is 3. The minimum absolute atomic E-state index is 0.165. The van der Waals surface area contributed by atoms with E-state index < -0.39 is 5.91 Å². The highest BCUT2D eigenvalue weighted by Crippen LogP contribution is 2.52. The number of halogens is 1. The molecule has 1 saturated heterocycles. The molecule has 20 heavy (non-hydrogen) atoms. The molecule has 2 amide bonds. The maximum atomic E-state index is 12.3. The van der Waals surface area contributed by atoms with E-state index >= 15 is 0 Å². The fraction of sp³-hybridized carbons (Fsp3) is 0.867. The summed E-state index contributed by atoms with van der Waals surface area (Å²) in [6, 6.07) is 0.218. The Morgan fingerprint density at radius 2 is 2.00 bits per heavy atom. The van der Waals surface area contributed by atoms with Gasteiger partial charge in [-0.1, -0.05) is 20.8 Å². The molecule has 0 spiro atoms. The first-order valence-corrected chi connectivity index (χ1v) is 7.95. The number of hydrogen-bond acceptors (Lipinski definition) is 2. The van der Waals surface area contributed by atoms with E-state index in [1.807, 2.05) is 0 Å². The Morgan fingerprint density at radius 1 is 1.30 bits per heavy atom. The van der Waals surface area contributed by atoms with Crippen LogP contribution in [0, 0.1) is 10.8 Å². The minimum Gasteiger partial charge on any atom is -0.348 e. The minimum atomic E-state index is -0.482. The van der Waals surface area contributed by atoms with Gasteiger partial charge in [0.25, 0.3) is 0 Å². The van der Waals surface area contributed by atoms with Crippen LogP contribution in [-0.4, -0.2) is 41.7 Å². The average Bonchev–Trinajstić information content (AvgIpc) is 2.57. The average molecular weight is 301 g/mol. The summed E-state index contributed by atoms with van der Waals surface area (Å²) in [5, 5.41) is 2.66. The molecule has 4 nitrogen and oxygen atoms in total. The third-order valence-corrected chi connectivity index (χ3v) is 4.73. The first-order valence-electron chi connectivity index (χ1n) is 7.41. The van der Waals surface area contributed by atoms with E-state index in [1.54, 1.807) is 4.90 Å². The molecule has 2 atom stereocenters. The van der Waals surface area contributed by atoms with Crippen LogP contribution in [0.3, 0.4) is 0 Å². The molecule has 2 aliphatic rings. The molecular formula is C15H25ClN2O2.